The van der Waals surface area contributed by atoms with Gasteiger partial charge in [0.05, 0.1) is 25.8 Å². The zero-order valence-corrected chi connectivity index (χ0v) is 17.3. The van der Waals surface area contributed by atoms with Crippen molar-refractivity contribution in [2.24, 2.45) is 0 Å². The van der Waals surface area contributed by atoms with Crippen molar-refractivity contribution in [2.45, 2.75) is 44.7 Å². The number of hydrogen-bond acceptors (Lipinski definition) is 5. The van der Waals surface area contributed by atoms with E-state index in [1.807, 2.05) is 35.2 Å². The third-order valence-corrected chi connectivity index (χ3v) is 5.89. The molecule has 1 aromatic heterocycles. The van der Waals surface area contributed by atoms with Gasteiger partial charge in [-0.3, -0.25) is 14.3 Å². The number of carbonyl (C=O) groups excluding carboxylic acids is 2. The van der Waals surface area contributed by atoms with Gasteiger partial charge in [0, 0.05) is 32.2 Å². The highest BCUT2D eigenvalue weighted by molar-refractivity contribution is 5.92. The Morgan fingerprint density at radius 1 is 1.07 bits per heavy atom. The monoisotopic (exact) mass is 411 g/mol. The molecule has 8 heteroatoms. The SMILES string of the molecule is O=C(c1cn(CCC2CCCCN2C(=O)Cc2ccccc2)nn1)N1CCOCC1. The number of likely N-dealkylation sites (tertiary alicyclic amines) is 1. The summed E-state index contributed by atoms with van der Waals surface area (Å²) in [4.78, 5) is 29.2. The predicted octanol–water partition coefficient (Wildman–Crippen LogP) is 1.76. The van der Waals surface area contributed by atoms with Gasteiger partial charge >= 0.3 is 0 Å². The van der Waals surface area contributed by atoms with Crippen molar-refractivity contribution in [2.75, 3.05) is 32.8 Å². The van der Waals surface area contributed by atoms with Gasteiger partial charge in [0.2, 0.25) is 5.91 Å². The summed E-state index contributed by atoms with van der Waals surface area (Å²) in [6.07, 6.45) is 6.18. The van der Waals surface area contributed by atoms with Crippen LogP contribution in [0.3, 0.4) is 0 Å². The first-order valence-electron chi connectivity index (χ1n) is 10.8. The molecule has 1 unspecified atom stereocenters. The molecular weight excluding hydrogens is 382 g/mol. The Morgan fingerprint density at radius 3 is 2.67 bits per heavy atom. The average Bonchev–Trinajstić information content (AvgIpc) is 3.28. The lowest BCUT2D eigenvalue weighted by Gasteiger charge is -2.36. The number of aryl methyl sites for hydroxylation is 1. The summed E-state index contributed by atoms with van der Waals surface area (Å²) in [5.74, 6) is 0.0922. The second kappa shape index (κ2) is 9.84. The molecule has 2 aliphatic rings. The summed E-state index contributed by atoms with van der Waals surface area (Å²) in [7, 11) is 0. The highest BCUT2D eigenvalue weighted by Gasteiger charge is 2.27. The van der Waals surface area contributed by atoms with E-state index in [9.17, 15) is 9.59 Å². The zero-order valence-electron chi connectivity index (χ0n) is 17.3. The van der Waals surface area contributed by atoms with Gasteiger partial charge in [0.1, 0.15) is 0 Å². The van der Waals surface area contributed by atoms with Crippen molar-refractivity contribution >= 4 is 11.8 Å². The molecule has 4 rings (SSSR count). The van der Waals surface area contributed by atoms with Crippen molar-refractivity contribution in [3.05, 3.63) is 47.8 Å². The second-order valence-corrected chi connectivity index (χ2v) is 7.96. The number of piperidine rings is 1. The van der Waals surface area contributed by atoms with E-state index in [4.69, 9.17) is 4.74 Å². The maximum atomic E-state index is 12.9. The van der Waals surface area contributed by atoms with Gasteiger partial charge in [-0.1, -0.05) is 35.5 Å². The van der Waals surface area contributed by atoms with Gasteiger partial charge in [-0.25, -0.2) is 0 Å². The molecule has 1 aromatic carbocycles. The maximum Gasteiger partial charge on any atom is 0.276 e. The average molecular weight is 412 g/mol. The lowest BCUT2D eigenvalue weighted by Crippen LogP contribution is -2.44. The lowest BCUT2D eigenvalue weighted by atomic mass is 9.98. The first-order chi connectivity index (χ1) is 14.7. The molecule has 8 nitrogen and oxygen atoms in total. The second-order valence-electron chi connectivity index (χ2n) is 7.96. The van der Waals surface area contributed by atoms with E-state index in [2.05, 4.69) is 10.3 Å². The van der Waals surface area contributed by atoms with Crippen molar-refractivity contribution < 1.29 is 14.3 Å². The quantitative estimate of drug-likeness (QED) is 0.724. The van der Waals surface area contributed by atoms with Crippen molar-refractivity contribution in [1.29, 1.82) is 0 Å². The number of hydrogen-bond donors (Lipinski definition) is 0. The summed E-state index contributed by atoms with van der Waals surface area (Å²) >= 11 is 0. The van der Waals surface area contributed by atoms with Crippen LogP contribution in [0, 0.1) is 0 Å². The molecule has 2 aliphatic heterocycles. The van der Waals surface area contributed by atoms with E-state index in [0.29, 0.717) is 45.0 Å². The van der Waals surface area contributed by atoms with Crippen LogP contribution >= 0.6 is 0 Å². The molecule has 2 fully saturated rings. The van der Waals surface area contributed by atoms with Crippen LogP contribution < -0.4 is 0 Å². The molecule has 1 atom stereocenters. The van der Waals surface area contributed by atoms with Crippen LogP contribution in [0.1, 0.15) is 41.7 Å². The molecule has 3 heterocycles. The van der Waals surface area contributed by atoms with Gasteiger partial charge in [0.25, 0.3) is 5.91 Å². The first-order valence-corrected chi connectivity index (χ1v) is 10.8. The summed E-state index contributed by atoms with van der Waals surface area (Å²) in [5.41, 5.74) is 1.42. The molecule has 0 saturated carbocycles. The smallest absolute Gasteiger partial charge is 0.276 e. The molecule has 160 valence electrons. The van der Waals surface area contributed by atoms with E-state index in [-0.39, 0.29) is 17.9 Å². The highest BCUT2D eigenvalue weighted by atomic mass is 16.5. The van der Waals surface area contributed by atoms with Gasteiger partial charge in [0.15, 0.2) is 5.69 Å². The Morgan fingerprint density at radius 2 is 1.87 bits per heavy atom. The summed E-state index contributed by atoms with van der Waals surface area (Å²) < 4.78 is 7.02. The number of benzene rings is 1. The van der Waals surface area contributed by atoms with Gasteiger partial charge < -0.3 is 14.5 Å². The summed E-state index contributed by atoms with van der Waals surface area (Å²) in [5, 5.41) is 8.20. The Balaban J connectivity index is 1.33. The number of nitrogens with zero attached hydrogens (tertiary/aromatic N) is 5. The van der Waals surface area contributed by atoms with Gasteiger partial charge in [-0.05, 0) is 31.2 Å². The summed E-state index contributed by atoms with van der Waals surface area (Å²) in [6.45, 7) is 3.76. The lowest BCUT2D eigenvalue weighted by molar-refractivity contribution is -0.134. The van der Waals surface area contributed by atoms with E-state index >= 15 is 0 Å². The van der Waals surface area contributed by atoms with Crippen molar-refractivity contribution in [3.63, 3.8) is 0 Å². The Kier molecular flexibility index (Phi) is 6.74. The molecule has 0 aliphatic carbocycles. The van der Waals surface area contributed by atoms with Crippen LogP contribution in [0.4, 0.5) is 0 Å². The van der Waals surface area contributed by atoms with Crippen molar-refractivity contribution in [3.8, 4) is 0 Å². The van der Waals surface area contributed by atoms with Crippen LogP contribution in [0.5, 0.6) is 0 Å². The van der Waals surface area contributed by atoms with Crippen LogP contribution in [0.15, 0.2) is 36.5 Å². The van der Waals surface area contributed by atoms with E-state index in [1.165, 1.54) is 0 Å². The zero-order chi connectivity index (χ0) is 20.8. The first kappa shape index (κ1) is 20.5. The minimum atomic E-state index is -0.0955. The highest BCUT2D eigenvalue weighted by Crippen LogP contribution is 2.21. The molecule has 0 radical (unpaired) electrons. The number of rotatable bonds is 6. The van der Waals surface area contributed by atoms with Crippen LogP contribution in [0.25, 0.3) is 0 Å². The molecule has 2 saturated heterocycles. The number of amides is 2. The Labute approximate surface area is 176 Å². The molecule has 0 spiro atoms. The Hall–Kier alpha value is -2.74. The van der Waals surface area contributed by atoms with Crippen molar-refractivity contribution in [1.82, 2.24) is 24.8 Å². The Bertz CT molecular complexity index is 847. The molecule has 0 bridgehead atoms. The maximum absolute atomic E-state index is 12.9. The number of morpholine rings is 1. The third-order valence-electron chi connectivity index (χ3n) is 5.89. The molecule has 30 heavy (non-hydrogen) atoms. The van der Waals surface area contributed by atoms with Gasteiger partial charge in [-0.15, -0.1) is 5.10 Å². The predicted molar refractivity (Wildman–Crippen MR) is 111 cm³/mol. The number of carbonyl (C=O) groups is 2. The fourth-order valence-corrected chi connectivity index (χ4v) is 4.22. The molecule has 0 N–H and O–H groups in total. The topological polar surface area (TPSA) is 80.6 Å². The minimum Gasteiger partial charge on any atom is -0.378 e. The number of ether oxygens (including phenoxy) is 1. The summed E-state index contributed by atoms with van der Waals surface area (Å²) in [6, 6.07) is 10.1. The minimum absolute atomic E-state index is 0.0955. The largest absolute Gasteiger partial charge is 0.378 e. The molecule has 2 amide bonds. The number of aromatic nitrogens is 3. The molecular formula is C22H29N5O3. The fourth-order valence-electron chi connectivity index (χ4n) is 4.22. The van der Waals surface area contributed by atoms with Gasteiger partial charge in [-0.2, -0.15) is 0 Å². The third kappa shape index (κ3) is 5.05. The standard InChI is InChI=1S/C22H29N5O3/c28-21(16-18-6-2-1-3-7-18)27-10-5-4-8-19(27)9-11-26-17-20(23-24-26)22(29)25-12-14-30-15-13-25/h1-3,6-7,17,19H,4-5,8-16H2. The van der Waals surface area contributed by atoms with Crippen LogP contribution in [0.2, 0.25) is 0 Å². The normalized spacial score (nSPS) is 19.7. The van der Waals surface area contributed by atoms with Crippen LogP contribution in [-0.4, -0.2) is 75.5 Å². The van der Waals surface area contributed by atoms with E-state index in [1.54, 1.807) is 15.8 Å². The fraction of sp³-hybridized carbons (Fsp3) is 0.545. The molecule has 2 aromatic rings. The van der Waals surface area contributed by atoms with Crippen LogP contribution in [-0.2, 0) is 22.5 Å². The van der Waals surface area contributed by atoms with E-state index < -0.39 is 0 Å². The van der Waals surface area contributed by atoms with E-state index in [0.717, 1.165) is 37.8 Å².